The van der Waals surface area contributed by atoms with Crippen molar-refractivity contribution in [1.82, 2.24) is 9.97 Å². The maximum Gasteiger partial charge on any atom is 0.308 e. The van der Waals surface area contributed by atoms with E-state index < -0.39 is 0 Å². The molecule has 0 aliphatic rings. The zero-order chi connectivity index (χ0) is 14.0. The van der Waals surface area contributed by atoms with Crippen molar-refractivity contribution >= 4 is 17.0 Å². The molecule has 0 fully saturated rings. The summed E-state index contributed by atoms with van der Waals surface area (Å²) in [6.45, 7) is 8.14. The van der Waals surface area contributed by atoms with Crippen LogP contribution in [0.5, 0.6) is 0 Å². The third-order valence-electron chi connectivity index (χ3n) is 3.29. The smallest absolute Gasteiger partial charge is 0.308 e. The van der Waals surface area contributed by atoms with Crippen molar-refractivity contribution in [3.05, 3.63) is 29.1 Å². The number of fused-ring (bicyclic) bond motifs is 1. The quantitative estimate of drug-likeness (QED) is 0.860. The molecule has 0 aromatic carbocycles. The van der Waals surface area contributed by atoms with Crippen LogP contribution in [0.3, 0.4) is 0 Å². The van der Waals surface area contributed by atoms with E-state index in [1.54, 1.807) is 0 Å². The third-order valence-corrected chi connectivity index (χ3v) is 3.29. The lowest BCUT2D eigenvalue weighted by atomic mass is 10.0. The maximum atomic E-state index is 11.7. The second-order valence-corrected chi connectivity index (χ2v) is 4.93. The number of rotatable bonds is 4. The zero-order valence-corrected chi connectivity index (χ0v) is 11.9. The van der Waals surface area contributed by atoms with Crippen LogP contribution >= 0.6 is 0 Å². The van der Waals surface area contributed by atoms with Gasteiger partial charge in [0, 0.05) is 11.4 Å². The number of aromatic amines is 1. The fourth-order valence-corrected chi connectivity index (χ4v) is 2.27. The summed E-state index contributed by atoms with van der Waals surface area (Å²) in [5.74, 6) is -0.302. The van der Waals surface area contributed by atoms with Crippen LogP contribution in [0.25, 0.3) is 11.0 Å². The standard InChI is InChI=1S/C15H20N2O2/c1-5-19-15(18)9(2)8-12-11(4)17-13-7-6-10(3)16-14(12)13/h6-7,9,17H,5,8H2,1-4H3. The van der Waals surface area contributed by atoms with Crippen LogP contribution in [0.1, 0.15) is 30.8 Å². The van der Waals surface area contributed by atoms with Gasteiger partial charge in [0.25, 0.3) is 0 Å². The number of aryl methyl sites for hydroxylation is 2. The second kappa shape index (κ2) is 5.43. The highest BCUT2D eigenvalue weighted by Gasteiger charge is 2.19. The van der Waals surface area contributed by atoms with Gasteiger partial charge in [-0.3, -0.25) is 9.78 Å². The van der Waals surface area contributed by atoms with Crippen LogP contribution in [0.4, 0.5) is 0 Å². The summed E-state index contributed by atoms with van der Waals surface area (Å²) in [5.41, 5.74) is 5.16. The number of carbonyl (C=O) groups excluding carboxylic acids is 1. The Morgan fingerprint density at radius 1 is 1.42 bits per heavy atom. The molecular formula is C15H20N2O2. The van der Waals surface area contributed by atoms with Crippen molar-refractivity contribution in [3.8, 4) is 0 Å². The number of carbonyl (C=O) groups is 1. The second-order valence-electron chi connectivity index (χ2n) is 4.93. The summed E-state index contributed by atoms with van der Waals surface area (Å²) in [7, 11) is 0. The lowest BCUT2D eigenvalue weighted by molar-refractivity contribution is -0.147. The van der Waals surface area contributed by atoms with E-state index in [2.05, 4.69) is 9.97 Å². The van der Waals surface area contributed by atoms with E-state index in [0.29, 0.717) is 13.0 Å². The van der Waals surface area contributed by atoms with Gasteiger partial charge < -0.3 is 9.72 Å². The predicted octanol–water partition coefficient (Wildman–Crippen LogP) is 2.92. The number of pyridine rings is 1. The van der Waals surface area contributed by atoms with Crippen LogP contribution < -0.4 is 0 Å². The van der Waals surface area contributed by atoms with E-state index in [4.69, 9.17) is 4.74 Å². The molecule has 2 rings (SSSR count). The van der Waals surface area contributed by atoms with E-state index in [9.17, 15) is 4.79 Å². The SMILES string of the molecule is CCOC(=O)C(C)Cc1c(C)[nH]c2ccc(C)nc12. The molecule has 4 nitrogen and oxygen atoms in total. The van der Waals surface area contributed by atoms with Crippen LogP contribution in [-0.4, -0.2) is 22.5 Å². The molecule has 0 saturated heterocycles. The average molecular weight is 260 g/mol. The molecule has 2 aromatic rings. The first kappa shape index (κ1) is 13.6. The molecule has 1 N–H and O–H groups in total. The normalized spacial score (nSPS) is 12.6. The van der Waals surface area contributed by atoms with Gasteiger partial charge in [0.15, 0.2) is 0 Å². The first-order valence-corrected chi connectivity index (χ1v) is 6.64. The number of hydrogen-bond donors (Lipinski definition) is 1. The highest BCUT2D eigenvalue weighted by Crippen LogP contribution is 2.23. The summed E-state index contributed by atoms with van der Waals surface area (Å²) in [5, 5.41) is 0. The zero-order valence-electron chi connectivity index (χ0n) is 11.9. The van der Waals surface area contributed by atoms with Crippen molar-refractivity contribution < 1.29 is 9.53 Å². The van der Waals surface area contributed by atoms with Gasteiger partial charge in [0.2, 0.25) is 0 Å². The first-order valence-electron chi connectivity index (χ1n) is 6.64. The van der Waals surface area contributed by atoms with Gasteiger partial charge in [-0.2, -0.15) is 0 Å². The third kappa shape index (κ3) is 2.78. The summed E-state index contributed by atoms with van der Waals surface area (Å²) in [4.78, 5) is 19.6. The lowest BCUT2D eigenvalue weighted by Crippen LogP contribution is -2.17. The molecule has 19 heavy (non-hydrogen) atoms. The summed E-state index contributed by atoms with van der Waals surface area (Å²) in [6, 6.07) is 4.01. The Morgan fingerprint density at radius 2 is 2.16 bits per heavy atom. The number of hydrogen-bond acceptors (Lipinski definition) is 3. The van der Waals surface area contributed by atoms with Gasteiger partial charge in [-0.25, -0.2) is 0 Å². The molecule has 0 aliphatic heterocycles. The molecule has 1 unspecified atom stereocenters. The molecule has 2 aromatic heterocycles. The van der Waals surface area contributed by atoms with E-state index >= 15 is 0 Å². The van der Waals surface area contributed by atoms with Crippen molar-refractivity contribution in [2.24, 2.45) is 5.92 Å². The number of esters is 1. The Bertz CT molecular complexity index is 601. The maximum absolute atomic E-state index is 11.7. The number of nitrogens with zero attached hydrogens (tertiary/aromatic N) is 1. The molecule has 0 amide bonds. The van der Waals surface area contributed by atoms with Crippen molar-refractivity contribution in [3.63, 3.8) is 0 Å². The Balaban J connectivity index is 2.31. The molecular weight excluding hydrogens is 240 g/mol. The fourth-order valence-electron chi connectivity index (χ4n) is 2.27. The fraction of sp³-hybridized carbons (Fsp3) is 0.467. The first-order chi connectivity index (χ1) is 9.02. The average Bonchev–Trinajstić information content (AvgIpc) is 2.66. The number of ether oxygens (including phenoxy) is 1. The van der Waals surface area contributed by atoms with Gasteiger partial charge in [-0.05, 0) is 44.9 Å². The molecule has 1 atom stereocenters. The van der Waals surface area contributed by atoms with Crippen molar-refractivity contribution in [2.75, 3.05) is 6.61 Å². The van der Waals surface area contributed by atoms with Gasteiger partial charge in [-0.15, -0.1) is 0 Å². The van der Waals surface area contributed by atoms with Crippen LogP contribution in [0.15, 0.2) is 12.1 Å². The minimum atomic E-state index is -0.153. The summed E-state index contributed by atoms with van der Waals surface area (Å²) < 4.78 is 5.06. The van der Waals surface area contributed by atoms with Crippen molar-refractivity contribution in [2.45, 2.75) is 34.1 Å². The molecule has 2 heterocycles. The molecule has 0 radical (unpaired) electrons. The van der Waals surface area contributed by atoms with Gasteiger partial charge in [0.1, 0.15) is 0 Å². The van der Waals surface area contributed by atoms with Crippen molar-refractivity contribution in [1.29, 1.82) is 0 Å². The number of H-pyrrole nitrogens is 1. The minimum Gasteiger partial charge on any atom is -0.466 e. The molecule has 0 aliphatic carbocycles. The van der Waals surface area contributed by atoms with Gasteiger partial charge in [-0.1, -0.05) is 6.92 Å². The molecule has 102 valence electrons. The van der Waals surface area contributed by atoms with E-state index in [-0.39, 0.29) is 11.9 Å². The molecule has 4 heteroatoms. The van der Waals surface area contributed by atoms with Crippen LogP contribution in [-0.2, 0) is 16.0 Å². The minimum absolute atomic E-state index is 0.149. The topological polar surface area (TPSA) is 55.0 Å². The Labute approximate surface area is 113 Å². The predicted molar refractivity (Wildman–Crippen MR) is 75.1 cm³/mol. The van der Waals surface area contributed by atoms with E-state index in [0.717, 1.165) is 28.0 Å². The Morgan fingerprint density at radius 3 is 2.84 bits per heavy atom. The Hall–Kier alpha value is -1.84. The molecule has 0 saturated carbocycles. The summed E-state index contributed by atoms with van der Waals surface area (Å²) >= 11 is 0. The highest BCUT2D eigenvalue weighted by molar-refractivity contribution is 5.82. The number of aromatic nitrogens is 2. The van der Waals surface area contributed by atoms with Crippen LogP contribution in [0, 0.1) is 19.8 Å². The number of nitrogens with one attached hydrogen (secondary N) is 1. The van der Waals surface area contributed by atoms with Gasteiger partial charge in [0.05, 0.1) is 23.6 Å². The summed E-state index contributed by atoms with van der Waals surface area (Å²) in [6.07, 6.45) is 0.654. The van der Waals surface area contributed by atoms with E-state index in [1.807, 2.05) is 39.8 Å². The Kier molecular flexibility index (Phi) is 3.88. The van der Waals surface area contributed by atoms with Crippen LogP contribution in [0.2, 0.25) is 0 Å². The molecule has 0 bridgehead atoms. The monoisotopic (exact) mass is 260 g/mol. The highest BCUT2D eigenvalue weighted by atomic mass is 16.5. The van der Waals surface area contributed by atoms with Gasteiger partial charge >= 0.3 is 5.97 Å². The lowest BCUT2D eigenvalue weighted by Gasteiger charge is -2.10. The largest absolute Gasteiger partial charge is 0.466 e. The van der Waals surface area contributed by atoms with E-state index in [1.165, 1.54) is 0 Å². The molecule has 0 spiro atoms.